The monoisotopic (exact) mass is 337 g/mol. The molecule has 0 radical (unpaired) electrons. The van der Waals surface area contributed by atoms with Gasteiger partial charge in [0.15, 0.2) is 11.6 Å². The van der Waals surface area contributed by atoms with Gasteiger partial charge < -0.3 is 0 Å². The summed E-state index contributed by atoms with van der Waals surface area (Å²) >= 11 is 0. The molecule has 128 valence electrons. The molecule has 0 amide bonds. The number of rotatable bonds is 6. The predicted octanol–water partition coefficient (Wildman–Crippen LogP) is 3.70. The molecule has 2 aromatic carbocycles. The second kappa shape index (κ2) is 6.59. The highest BCUT2D eigenvalue weighted by Gasteiger charge is 2.59. The normalized spacial score (nSPS) is 16.5. The predicted molar refractivity (Wildman–Crippen MR) is 93.5 cm³/mol. The van der Waals surface area contributed by atoms with Crippen LogP contribution in [0.2, 0.25) is 0 Å². The Hall–Kier alpha value is -2.82. The third-order valence-electron chi connectivity index (χ3n) is 4.98. The Kier molecular flexibility index (Phi) is 4.49. The minimum Gasteiger partial charge on any atom is -0.293 e. The molecule has 25 heavy (non-hydrogen) atoms. The number of carbonyl (C=O) groups is 2. The molecule has 0 aliphatic heterocycles. The zero-order valence-electron chi connectivity index (χ0n) is 14.0. The Morgan fingerprint density at radius 1 is 0.960 bits per heavy atom. The van der Waals surface area contributed by atoms with Crippen LogP contribution >= 0.6 is 0 Å². The fourth-order valence-corrected chi connectivity index (χ4v) is 3.95. The number of carbonyl (C=O) groups excluding carboxylic acids is 2. The van der Waals surface area contributed by atoms with E-state index in [4.69, 9.17) is 0 Å². The van der Waals surface area contributed by atoms with Gasteiger partial charge in [0.05, 0.1) is 0 Å². The van der Waals surface area contributed by atoms with Crippen molar-refractivity contribution in [3.8, 4) is 0 Å². The molecular weight excluding hydrogens is 318 g/mol. The van der Waals surface area contributed by atoms with Crippen LogP contribution in [0.5, 0.6) is 0 Å². The topological polar surface area (TPSA) is 77.3 Å². The van der Waals surface area contributed by atoms with E-state index in [0.29, 0.717) is 29.5 Å². The van der Waals surface area contributed by atoms with E-state index in [9.17, 15) is 19.7 Å². The number of fused-ring (bicyclic) bond motifs is 1. The molecule has 0 unspecified atom stereocenters. The molecule has 1 atom stereocenters. The summed E-state index contributed by atoms with van der Waals surface area (Å²) in [5, 5.41) is 11.3. The molecule has 5 heteroatoms. The second-order valence-corrected chi connectivity index (χ2v) is 6.38. The molecule has 3 rings (SSSR count). The summed E-state index contributed by atoms with van der Waals surface area (Å²) in [7, 11) is 0. The maximum absolute atomic E-state index is 13.4. The third kappa shape index (κ3) is 2.56. The summed E-state index contributed by atoms with van der Waals surface area (Å²) < 4.78 is 0. The molecule has 0 heterocycles. The van der Waals surface area contributed by atoms with Crippen molar-refractivity contribution in [3.05, 3.63) is 81.4 Å². The molecular formula is C20H19NO4. The second-order valence-electron chi connectivity index (χ2n) is 6.38. The highest BCUT2D eigenvalue weighted by atomic mass is 16.6. The summed E-state index contributed by atoms with van der Waals surface area (Å²) in [6.45, 7) is 1.50. The molecule has 5 nitrogen and oxygen atoms in total. The summed E-state index contributed by atoms with van der Waals surface area (Å²) in [6.07, 6.45) is 1.09. The van der Waals surface area contributed by atoms with Crippen molar-refractivity contribution in [2.45, 2.75) is 25.2 Å². The molecule has 0 aromatic heterocycles. The van der Waals surface area contributed by atoms with E-state index in [1.807, 2.05) is 6.92 Å². The number of ketones is 2. The van der Waals surface area contributed by atoms with Crippen LogP contribution in [0.4, 0.5) is 0 Å². The molecule has 0 bridgehead atoms. The lowest BCUT2D eigenvalue weighted by Crippen LogP contribution is -2.48. The first kappa shape index (κ1) is 17.0. The fourth-order valence-electron chi connectivity index (χ4n) is 3.95. The number of hydrogen-bond acceptors (Lipinski definition) is 4. The van der Waals surface area contributed by atoms with Gasteiger partial charge in [-0.3, -0.25) is 19.7 Å². The van der Waals surface area contributed by atoms with Crippen molar-refractivity contribution in [2.75, 3.05) is 6.54 Å². The lowest BCUT2D eigenvalue weighted by Gasteiger charge is -2.33. The van der Waals surface area contributed by atoms with Gasteiger partial charge in [0.2, 0.25) is 6.54 Å². The van der Waals surface area contributed by atoms with Crippen molar-refractivity contribution >= 4 is 11.6 Å². The van der Waals surface area contributed by atoms with Crippen molar-refractivity contribution in [1.82, 2.24) is 0 Å². The highest BCUT2D eigenvalue weighted by molar-refractivity contribution is 6.33. The summed E-state index contributed by atoms with van der Waals surface area (Å²) in [5.74, 6) is -1.32. The summed E-state index contributed by atoms with van der Waals surface area (Å²) in [4.78, 5) is 37.6. The Morgan fingerprint density at radius 3 is 1.96 bits per heavy atom. The van der Waals surface area contributed by atoms with Gasteiger partial charge in [0.1, 0.15) is 5.41 Å². The summed E-state index contributed by atoms with van der Waals surface area (Å²) in [5.41, 5.74) is -0.239. The van der Waals surface area contributed by atoms with E-state index in [1.165, 1.54) is 0 Å². The lowest BCUT2D eigenvalue weighted by molar-refractivity contribution is -0.489. The Labute approximate surface area is 145 Å². The maximum Gasteiger partial charge on any atom is 0.208 e. The fraction of sp³-hybridized carbons (Fsp3) is 0.300. The van der Waals surface area contributed by atoms with Gasteiger partial charge in [-0.2, -0.15) is 0 Å². The van der Waals surface area contributed by atoms with Crippen LogP contribution in [-0.4, -0.2) is 23.0 Å². The average Bonchev–Trinajstić information content (AvgIpc) is 2.84. The van der Waals surface area contributed by atoms with E-state index in [2.05, 4.69) is 0 Å². The first-order chi connectivity index (χ1) is 12.0. The van der Waals surface area contributed by atoms with Crippen molar-refractivity contribution in [2.24, 2.45) is 5.92 Å². The van der Waals surface area contributed by atoms with Gasteiger partial charge in [0, 0.05) is 22.0 Å². The molecule has 0 fully saturated rings. The smallest absolute Gasteiger partial charge is 0.208 e. The zero-order chi connectivity index (χ0) is 18.0. The quantitative estimate of drug-likeness (QED) is 0.457. The van der Waals surface area contributed by atoms with Gasteiger partial charge >= 0.3 is 0 Å². The van der Waals surface area contributed by atoms with Gasteiger partial charge in [-0.25, -0.2) is 0 Å². The SMILES string of the molecule is CCC[C@H](C[N+](=O)[O-])C1(c2ccccc2)C(=O)c2ccccc2C1=O. The minimum atomic E-state index is -1.51. The van der Waals surface area contributed by atoms with Crippen LogP contribution in [-0.2, 0) is 5.41 Å². The van der Waals surface area contributed by atoms with Crippen molar-refractivity contribution < 1.29 is 14.5 Å². The van der Waals surface area contributed by atoms with Gasteiger partial charge in [0.25, 0.3) is 0 Å². The first-order valence-corrected chi connectivity index (χ1v) is 8.39. The maximum atomic E-state index is 13.4. The minimum absolute atomic E-state index is 0.320. The van der Waals surface area contributed by atoms with Crippen LogP contribution in [0.25, 0.3) is 0 Å². The molecule has 0 saturated carbocycles. The van der Waals surface area contributed by atoms with Crippen LogP contribution in [0.1, 0.15) is 46.0 Å². The van der Waals surface area contributed by atoms with Gasteiger partial charge in [-0.15, -0.1) is 0 Å². The van der Waals surface area contributed by atoms with E-state index in [0.717, 1.165) is 0 Å². The van der Waals surface area contributed by atoms with Crippen LogP contribution < -0.4 is 0 Å². The van der Waals surface area contributed by atoms with Crippen molar-refractivity contribution in [1.29, 1.82) is 0 Å². The van der Waals surface area contributed by atoms with E-state index in [1.54, 1.807) is 54.6 Å². The number of nitrogens with zero attached hydrogens (tertiary/aromatic N) is 1. The largest absolute Gasteiger partial charge is 0.293 e. The summed E-state index contributed by atoms with van der Waals surface area (Å²) in [6, 6.07) is 15.5. The van der Waals surface area contributed by atoms with Gasteiger partial charge in [-0.05, 0) is 12.0 Å². The molecule has 1 aliphatic carbocycles. The van der Waals surface area contributed by atoms with E-state index < -0.39 is 22.8 Å². The average molecular weight is 337 g/mol. The van der Waals surface area contributed by atoms with Crippen LogP contribution in [0, 0.1) is 16.0 Å². The van der Waals surface area contributed by atoms with Crippen LogP contribution in [0.3, 0.4) is 0 Å². The number of nitro groups is 1. The first-order valence-electron chi connectivity index (χ1n) is 8.39. The molecule has 0 spiro atoms. The number of hydrogen-bond donors (Lipinski definition) is 0. The molecule has 2 aromatic rings. The van der Waals surface area contributed by atoms with Crippen LogP contribution in [0.15, 0.2) is 54.6 Å². The van der Waals surface area contributed by atoms with E-state index in [-0.39, 0.29) is 11.6 Å². The number of benzene rings is 2. The van der Waals surface area contributed by atoms with E-state index >= 15 is 0 Å². The van der Waals surface area contributed by atoms with Crippen molar-refractivity contribution in [3.63, 3.8) is 0 Å². The third-order valence-corrected chi connectivity index (χ3v) is 4.98. The lowest BCUT2D eigenvalue weighted by atomic mass is 9.65. The Bertz CT molecular complexity index is 794. The standard InChI is InChI=1S/C20H19NO4/c1-2-8-15(13-21(24)25)20(14-9-4-3-5-10-14)18(22)16-11-6-7-12-17(16)19(20)23/h3-7,9-12,15H,2,8,13H2,1H3/t15-/m1/s1. The Balaban J connectivity index is 2.26. The number of Topliss-reactive ketones (excluding diaryl/α,β-unsaturated/α-hetero) is 2. The highest BCUT2D eigenvalue weighted by Crippen LogP contribution is 2.46. The molecule has 1 aliphatic rings. The molecule has 0 N–H and O–H groups in total. The Morgan fingerprint density at radius 2 is 1.48 bits per heavy atom. The zero-order valence-corrected chi connectivity index (χ0v) is 14.0. The molecule has 0 saturated heterocycles. The van der Waals surface area contributed by atoms with Gasteiger partial charge in [-0.1, -0.05) is 67.9 Å².